The molecule has 0 spiro atoms. The van der Waals surface area contributed by atoms with Crippen molar-refractivity contribution >= 4 is 23.3 Å². The number of nitrogens with zero attached hydrogens (tertiary/aromatic N) is 2. The lowest BCUT2D eigenvalue weighted by atomic mass is 10.2. The van der Waals surface area contributed by atoms with E-state index < -0.39 is 0 Å². The van der Waals surface area contributed by atoms with E-state index in [-0.39, 0.29) is 0 Å². The lowest BCUT2D eigenvalue weighted by Crippen LogP contribution is -2.22. The Kier molecular flexibility index (Phi) is 5.93. The number of benzene rings is 1. The van der Waals surface area contributed by atoms with Gasteiger partial charge in [0.05, 0.1) is 11.9 Å². The number of rotatable bonds is 7. The van der Waals surface area contributed by atoms with Crippen LogP contribution < -0.4 is 10.2 Å². The third kappa shape index (κ3) is 4.39. The summed E-state index contributed by atoms with van der Waals surface area (Å²) < 4.78 is 0. The highest BCUT2D eigenvalue weighted by molar-refractivity contribution is 7.98. The molecule has 0 radical (unpaired) electrons. The number of aromatic nitrogens is 1. The van der Waals surface area contributed by atoms with Gasteiger partial charge in [0.15, 0.2) is 0 Å². The highest BCUT2D eigenvalue weighted by atomic mass is 32.2. The second-order valence-electron chi connectivity index (χ2n) is 4.78. The molecule has 0 saturated heterocycles. The first-order valence-electron chi connectivity index (χ1n) is 7.34. The Morgan fingerprint density at radius 2 is 1.76 bits per heavy atom. The third-order valence-corrected chi connectivity index (χ3v) is 4.23. The second-order valence-corrected chi connectivity index (χ2v) is 5.66. The quantitative estimate of drug-likeness (QED) is 0.773. The Morgan fingerprint density at radius 1 is 1.05 bits per heavy atom. The molecule has 0 unspecified atom stereocenters. The van der Waals surface area contributed by atoms with Gasteiger partial charge in [0.1, 0.15) is 5.82 Å². The molecule has 4 heteroatoms. The van der Waals surface area contributed by atoms with Crippen LogP contribution in [0.15, 0.2) is 47.5 Å². The zero-order valence-corrected chi connectivity index (χ0v) is 13.8. The van der Waals surface area contributed by atoms with Crippen molar-refractivity contribution < 1.29 is 0 Å². The van der Waals surface area contributed by atoms with Crippen LogP contribution in [0.1, 0.15) is 19.4 Å². The molecular weight excluding hydrogens is 278 g/mol. The summed E-state index contributed by atoms with van der Waals surface area (Å²) in [6.45, 7) is 7.09. The van der Waals surface area contributed by atoms with Crippen LogP contribution in [0.4, 0.5) is 11.5 Å². The number of pyridine rings is 1. The Bertz CT molecular complexity index is 533. The fraction of sp³-hybridized carbons (Fsp3) is 0.353. The largest absolute Gasteiger partial charge is 0.380 e. The fourth-order valence-corrected chi connectivity index (χ4v) is 2.58. The molecule has 0 aliphatic rings. The van der Waals surface area contributed by atoms with Gasteiger partial charge in [0, 0.05) is 24.5 Å². The maximum Gasteiger partial charge on any atom is 0.128 e. The van der Waals surface area contributed by atoms with Crippen LogP contribution in [0, 0.1) is 0 Å². The van der Waals surface area contributed by atoms with Gasteiger partial charge in [-0.1, -0.05) is 12.1 Å². The number of hydrogen-bond acceptors (Lipinski definition) is 4. The molecule has 112 valence electrons. The van der Waals surface area contributed by atoms with Gasteiger partial charge in [-0.05, 0) is 49.9 Å². The summed E-state index contributed by atoms with van der Waals surface area (Å²) in [6, 6.07) is 12.8. The van der Waals surface area contributed by atoms with Crippen molar-refractivity contribution in [2.45, 2.75) is 25.3 Å². The number of thioether (sulfide) groups is 1. The van der Waals surface area contributed by atoms with Crippen LogP contribution in [0.3, 0.4) is 0 Å². The molecule has 1 aromatic heterocycles. The predicted molar refractivity (Wildman–Crippen MR) is 93.3 cm³/mol. The first-order chi connectivity index (χ1) is 10.3. The minimum Gasteiger partial charge on any atom is -0.380 e. The Morgan fingerprint density at radius 3 is 2.29 bits per heavy atom. The van der Waals surface area contributed by atoms with E-state index in [1.165, 1.54) is 10.5 Å². The van der Waals surface area contributed by atoms with Crippen LogP contribution in [0.5, 0.6) is 0 Å². The molecule has 1 N–H and O–H groups in total. The lowest BCUT2D eigenvalue weighted by molar-refractivity contribution is 0.846. The SMILES string of the molecule is CCN(CC)c1ccc(NCc2ccc(SC)cc2)cn1. The van der Waals surface area contributed by atoms with Crippen molar-refractivity contribution in [3.05, 3.63) is 48.2 Å². The van der Waals surface area contributed by atoms with Crippen molar-refractivity contribution in [1.29, 1.82) is 0 Å². The standard InChI is InChI=1S/C17H23N3S/c1-4-20(5-2)17-11-8-15(13-19-17)18-12-14-6-9-16(21-3)10-7-14/h6-11,13,18H,4-5,12H2,1-3H3. The Hall–Kier alpha value is -1.68. The average molecular weight is 301 g/mol. The van der Waals surface area contributed by atoms with E-state index in [1.54, 1.807) is 11.8 Å². The molecule has 0 aliphatic heterocycles. The van der Waals surface area contributed by atoms with Gasteiger partial charge in [0.25, 0.3) is 0 Å². The van der Waals surface area contributed by atoms with Crippen molar-refractivity contribution in [2.75, 3.05) is 29.6 Å². The van der Waals surface area contributed by atoms with E-state index >= 15 is 0 Å². The van der Waals surface area contributed by atoms with Crippen molar-refractivity contribution in [3.8, 4) is 0 Å². The summed E-state index contributed by atoms with van der Waals surface area (Å²) in [5, 5.41) is 3.41. The minimum atomic E-state index is 0.820. The third-order valence-electron chi connectivity index (χ3n) is 3.49. The molecule has 3 nitrogen and oxygen atoms in total. The molecule has 21 heavy (non-hydrogen) atoms. The van der Waals surface area contributed by atoms with Crippen molar-refractivity contribution in [3.63, 3.8) is 0 Å². The average Bonchev–Trinajstić information content (AvgIpc) is 2.55. The van der Waals surface area contributed by atoms with E-state index in [9.17, 15) is 0 Å². The van der Waals surface area contributed by atoms with Crippen molar-refractivity contribution in [1.82, 2.24) is 4.98 Å². The van der Waals surface area contributed by atoms with Crippen LogP contribution in [0.25, 0.3) is 0 Å². The maximum absolute atomic E-state index is 4.52. The molecule has 2 aromatic rings. The van der Waals surface area contributed by atoms with Crippen molar-refractivity contribution in [2.24, 2.45) is 0 Å². The van der Waals surface area contributed by atoms with Gasteiger partial charge < -0.3 is 10.2 Å². The molecule has 0 amide bonds. The molecular formula is C17H23N3S. The summed E-state index contributed by atoms with van der Waals surface area (Å²) in [5.74, 6) is 1.04. The van der Waals surface area contributed by atoms with E-state index in [4.69, 9.17) is 0 Å². The van der Waals surface area contributed by atoms with E-state index in [0.717, 1.165) is 31.1 Å². The zero-order chi connectivity index (χ0) is 15.1. The lowest BCUT2D eigenvalue weighted by Gasteiger charge is -2.19. The summed E-state index contributed by atoms with van der Waals surface area (Å²) in [7, 11) is 0. The van der Waals surface area contributed by atoms with Gasteiger partial charge in [0.2, 0.25) is 0 Å². The molecule has 1 heterocycles. The maximum atomic E-state index is 4.52. The second kappa shape index (κ2) is 7.93. The highest BCUT2D eigenvalue weighted by Crippen LogP contribution is 2.17. The molecule has 1 aromatic carbocycles. The molecule has 0 bridgehead atoms. The predicted octanol–water partition coefficient (Wildman–Crippen LogP) is 4.26. The van der Waals surface area contributed by atoms with Gasteiger partial charge in [-0.2, -0.15) is 0 Å². The van der Waals surface area contributed by atoms with E-state index in [2.05, 4.69) is 71.7 Å². The number of anilines is 2. The fourth-order valence-electron chi connectivity index (χ4n) is 2.17. The van der Waals surface area contributed by atoms with Gasteiger partial charge in [-0.3, -0.25) is 0 Å². The van der Waals surface area contributed by atoms with Gasteiger partial charge in [-0.15, -0.1) is 11.8 Å². The summed E-state index contributed by atoms with van der Waals surface area (Å²) in [4.78, 5) is 8.06. The molecule has 0 saturated carbocycles. The monoisotopic (exact) mass is 301 g/mol. The molecule has 0 aliphatic carbocycles. The Labute approximate surface area is 131 Å². The molecule has 0 atom stereocenters. The smallest absolute Gasteiger partial charge is 0.128 e. The Balaban J connectivity index is 1.93. The van der Waals surface area contributed by atoms with Crippen LogP contribution >= 0.6 is 11.8 Å². The topological polar surface area (TPSA) is 28.2 Å². The molecule has 2 rings (SSSR count). The zero-order valence-electron chi connectivity index (χ0n) is 13.0. The first kappa shape index (κ1) is 15.7. The van der Waals surface area contributed by atoms with Gasteiger partial charge in [-0.25, -0.2) is 4.98 Å². The van der Waals surface area contributed by atoms with E-state index in [0.29, 0.717) is 0 Å². The number of hydrogen-bond donors (Lipinski definition) is 1. The first-order valence-corrected chi connectivity index (χ1v) is 8.57. The van der Waals surface area contributed by atoms with E-state index in [1.807, 2.05) is 6.20 Å². The highest BCUT2D eigenvalue weighted by Gasteiger charge is 2.02. The van der Waals surface area contributed by atoms with Crippen LogP contribution in [0.2, 0.25) is 0 Å². The molecule has 0 fully saturated rings. The normalized spacial score (nSPS) is 10.4. The van der Waals surface area contributed by atoms with Gasteiger partial charge >= 0.3 is 0 Å². The number of nitrogens with one attached hydrogen (secondary N) is 1. The summed E-state index contributed by atoms with van der Waals surface area (Å²) in [6.07, 6.45) is 4.00. The summed E-state index contributed by atoms with van der Waals surface area (Å²) in [5.41, 5.74) is 2.33. The van der Waals surface area contributed by atoms with Crippen LogP contribution in [-0.2, 0) is 6.54 Å². The summed E-state index contributed by atoms with van der Waals surface area (Å²) >= 11 is 1.77. The minimum absolute atomic E-state index is 0.820. The van der Waals surface area contributed by atoms with Crippen LogP contribution in [-0.4, -0.2) is 24.3 Å².